The molecule has 0 radical (unpaired) electrons. The van der Waals surface area contributed by atoms with Gasteiger partial charge in [0.05, 0.1) is 12.0 Å². The molecule has 5 N–H and O–H groups in total. The van der Waals surface area contributed by atoms with Crippen molar-refractivity contribution in [1.82, 2.24) is 14.5 Å². The maximum absolute atomic E-state index is 10.2. The lowest BCUT2D eigenvalue weighted by Gasteiger charge is -2.19. The summed E-state index contributed by atoms with van der Waals surface area (Å²) in [6.07, 6.45) is -1.10. The van der Waals surface area contributed by atoms with Gasteiger partial charge in [0.15, 0.2) is 17.9 Å². The van der Waals surface area contributed by atoms with Crippen molar-refractivity contribution in [2.45, 2.75) is 24.5 Å². The van der Waals surface area contributed by atoms with Crippen LogP contribution in [0.4, 0.5) is 5.82 Å². The number of anilines is 1. The maximum atomic E-state index is 10.2. The summed E-state index contributed by atoms with van der Waals surface area (Å²) in [5.41, 5.74) is 7.10. The average Bonchev–Trinajstić information content (AvgIpc) is 3.05. The topological polar surface area (TPSA) is 142 Å². The first kappa shape index (κ1) is 14.3. The first-order valence-corrected chi connectivity index (χ1v) is 7.09. The molecule has 4 atom stereocenters. The van der Waals surface area contributed by atoms with Crippen molar-refractivity contribution in [2.24, 2.45) is 10.8 Å². The standard InChI is InChI=1S/C13H16N6O4/c1-18-11-7-5(10(14)17-18)2-19(12(7)16-4-15-11)13-9(22)8(21)6(3-20)23-13/h2,4,6,8-9,13,20-22H,3H2,1H3,(H2,14,17)/t6-,8-,9-,13-/m0/s1. The fourth-order valence-electron chi connectivity index (χ4n) is 3.07. The Labute approximate surface area is 130 Å². The number of aromatic nitrogens is 3. The van der Waals surface area contributed by atoms with E-state index in [0.29, 0.717) is 28.3 Å². The van der Waals surface area contributed by atoms with Crippen molar-refractivity contribution >= 4 is 22.7 Å². The Balaban J connectivity index is 1.89. The molecule has 10 heteroatoms. The minimum absolute atomic E-state index is 0.297. The average molecular weight is 320 g/mol. The lowest BCUT2D eigenvalue weighted by atomic mass is 10.1. The zero-order valence-electron chi connectivity index (χ0n) is 12.2. The normalized spacial score (nSPS) is 30.1. The van der Waals surface area contributed by atoms with Crippen molar-refractivity contribution in [2.75, 3.05) is 18.7 Å². The maximum Gasteiger partial charge on any atom is 0.164 e. The van der Waals surface area contributed by atoms with E-state index in [0.717, 1.165) is 0 Å². The molecule has 0 aromatic carbocycles. The third kappa shape index (κ3) is 1.86. The fourth-order valence-corrected chi connectivity index (χ4v) is 3.07. The molecule has 0 amide bonds. The molecule has 10 nitrogen and oxygen atoms in total. The second kappa shape index (κ2) is 4.86. The first-order valence-electron chi connectivity index (χ1n) is 7.09. The third-order valence-electron chi connectivity index (χ3n) is 4.22. The van der Waals surface area contributed by atoms with Crippen LogP contribution in [0.15, 0.2) is 17.6 Å². The number of rotatable bonds is 2. The number of aliphatic hydroxyl groups is 3. The Morgan fingerprint density at radius 2 is 2.09 bits per heavy atom. The fraction of sp³-hybridized carbons (Fsp3) is 0.462. The number of hydrogen-bond acceptors (Lipinski definition) is 9. The van der Waals surface area contributed by atoms with Crippen LogP contribution in [0.5, 0.6) is 0 Å². The van der Waals surface area contributed by atoms with Crippen molar-refractivity contribution in [3.63, 3.8) is 0 Å². The number of ether oxygens (including phenoxy) is 1. The summed E-state index contributed by atoms with van der Waals surface area (Å²) < 4.78 is 7.15. The van der Waals surface area contributed by atoms with Crippen LogP contribution in [0.25, 0.3) is 11.0 Å². The number of hydrazone groups is 1. The molecule has 4 rings (SSSR count). The van der Waals surface area contributed by atoms with Crippen molar-refractivity contribution in [1.29, 1.82) is 0 Å². The van der Waals surface area contributed by atoms with Gasteiger partial charge in [0.25, 0.3) is 0 Å². The summed E-state index contributed by atoms with van der Waals surface area (Å²) in [5.74, 6) is 0.884. The van der Waals surface area contributed by atoms with E-state index in [-0.39, 0.29) is 0 Å². The highest BCUT2D eigenvalue weighted by molar-refractivity contribution is 6.13. The Morgan fingerprint density at radius 1 is 1.30 bits per heavy atom. The molecule has 0 unspecified atom stereocenters. The predicted molar refractivity (Wildman–Crippen MR) is 79.7 cm³/mol. The van der Waals surface area contributed by atoms with Crippen molar-refractivity contribution in [3.8, 4) is 0 Å². The van der Waals surface area contributed by atoms with Crippen LogP contribution >= 0.6 is 0 Å². The molecule has 2 aromatic rings. The van der Waals surface area contributed by atoms with Gasteiger partial charge in [-0.3, -0.25) is 0 Å². The zero-order valence-corrected chi connectivity index (χ0v) is 12.2. The van der Waals surface area contributed by atoms with Crippen LogP contribution in [0.1, 0.15) is 11.8 Å². The van der Waals surface area contributed by atoms with E-state index in [1.807, 2.05) is 0 Å². The van der Waals surface area contributed by atoms with E-state index in [4.69, 9.17) is 10.5 Å². The van der Waals surface area contributed by atoms with E-state index in [9.17, 15) is 15.3 Å². The minimum atomic E-state index is -1.20. The van der Waals surface area contributed by atoms with E-state index in [1.54, 1.807) is 22.8 Å². The van der Waals surface area contributed by atoms with E-state index >= 15 is 0 Å². The summed E-state index contributed by atoms with van der Waals surface area (Å²) in [5, 5.41) is 35.9. The van der Waals surface area contributed by atoms with E-state index < -0.39 is 31.1 Å². The minimum Gasteiger partial charge on any atom is -0.394 e. The van der Waals surface area contributed by atoms with Crippen molar-refractivity contribution in [3.05, 3.63) is 18.1 Å². The molecule has 1 fully saturated rings. The number of nitrogens with two attached hydrogens (primary N) is 1. The molecule has 122 valence electrons. The smallest absolute Gasteiger partial charge is 0.164 e. The molecule has 23 heavy (non-hydrogen) atoms. The van der Waals surface area contributed by atoms with Crippen molar-refractivity contribution < 1.29 is 20.1 Å². The van der Waals surface area contributed by atoms with Crippen LogP contribution in [-0.4, -0.2) is 67.7 Å². The monoisotopic (exact) mass is 320 g/mol. The summed E-state index contributed by atoms with van der Waals surface area (Å²) in [6, 6.07) is 0. The molecule has 0 bridgehead atoms. The lowest BCUT2D eigenvalue weighted by molar-refractivity contribution is -0.0508. The highest BCUT2D eigenvalue weighted by atomic mass is 16.6. The van der Waals surface area contributed by atoms with Gasteiger partial charge in [0.1, 0.15) is 30.3 Å². The van der Waals surface area contributed by atoms with Gasteiger partial charge in [-0.1, -0.05) is 0 Å². The third-order valence-corrected chi connectivity index (χ3v) is 4.22. The second-order valence-corrected chi connectivity index (χ2v) is 5.58. The summed E-state index contributed by atoms with van der Waals surface area (Å²) >= 11 is 0. The van der Waals surface area contributed by atoms with Gasteiger partial charge in [0.2, 0.25) is 0 Å². The van der Waals surface area contributed by atoms with Gasteiger partial charge in [-0.15, -0.1) is 0 Å². The number of nitrogens with zero attached hydrogens (tertiary/aromatic N) is 5. The van der Waals surface area contributed by atoms with Crippen LogP contribution in [-0.2, 0) is 4.74 Å². The summed E-state index contributed by atoms with van der Waals surface area (Å²) in [4.78, 5) is 8.45. The molecular weight excluding hydrogens is 304 g/mol. The summed E-state index contributed by atoms with van der Waals surface area (Å²) in [6.45, 7) is -0.395. The van der Waals surface area contributed by atoms with Crippen LogP contribution in [0, 0.1) is 0 Å². The molecule has 2 aromatic heterocycles. The Hall–Kier alpha value is -2.27. The SMILES string of the molecule is CN1N=C(N)c2cn([C@H]3O[C@@H](CO)[C@H](O)[C@@H]3O)c3ncnc1c23. The molecule has 0 aliphatic carbocycles. The molecular formula is C13H16N6O4. The number of hydrogen-bond donors (Lipinski definition) is 4. The quantitative estimate of drug-likeness (QED) is 0.503. The molecule has 2 aliphatic rings. The summed E-state index contributed by atoms with van der Waals surface area (Å²) in [7, 11) is 1.72. The van der Waals surface area contributed by atoms with E-state index in [1.165, 1.54) is 6.33 Å². The molecule has 0 spiro atoms. The second-order valence-electron chi connectivity index (χ2n) is 5.58. The lowest BCUT2D eigenvalue weighted by Crippen LogP contribution is -2.33. The first-order chi connectivity index (χ1) is 11.0. The molecule has 2 aliphatic heterocycles. The van der Waals surface area contributed by atoms with Crippen LogP contribution < -0.4 is 10.7 Å². The highest BCUT2D eigenvalue weighted by Crippen LogP contribution is 2.36. The highest BCUT2D eigenvalue weighted by Gasteiger charge is 2.44. The Kier molecular flexibility index (Phi) is 3.03. The van der Waals surface area contributed by atoms with Crippen LogP contribution in [0.3, 0.4) is 0 Å². The van der Waals surface area contributed by atoms with Gasteiger partial charge < -0.3 is 30.4 Å². The van der Waals surface area contributed by atoms with Gasteiger partial charge in [-0.05, 0) is 0 Å². The number of amidine groups is 1. The zero-order chi connectivity index (χ0) is 16.3. The van der Waals surface area contributed by atoms with Gasteiger partial charge in [0, 0.05) is 18.8 Å². The largest absolute Gasteiger partial charge is 0.394 e. The van der Waals surface area contributed by atoms with Gasteiger partial charge >= 0.3 is 0 Å². The Bertz CT molecular complexity index is 805. The Morgan fingerprint density at radius 3 is 2.78 bits per heavy atom. The van der Waals surface area contributed by atoms with Crippen LogP contribution in [0.2, 0.25) is 0 Å². The number of aliphatic hydroxyl groups excluding tert-OH is 3. The van der Waals surface area contributed by atoms with Gasteiger partial charge in [-0.25, -0.2) is 15.0 Å². The predicted octanol–water partition coefficient (Wildman–Crippen LogP) is -1.89. The molecule has 4 heterocycles. The molecule has 0 saturated carbocycles. The van der Waals surface area contributed by atoms with E-state index in [2.05, 4.69) is 15.1 Å². The van der Waals surface area contributed by atoms with Gasteiger partial charge in [-0.2, -0.15) is 5.10 Å². The molecule has 1 saturated heterocycles.